The molecule has 0 aliphatic rings. The van der Waals surface area contributed by atoms with Crippen LogP contribution in [0.25, 0.3) is 0 Å². The molecule has 68 valence electrons. The van der Waals surface area contributed by atoms with Crippen molar-refractivity contribution in [1.29, 1.82) is 0 Å². The van der Waals surface area contributed by atoms with E-state index in [1.165, 1.54) is 0 Å². The molecule has 0 saturated heterocycles. The van der Waals surface area contributed by atoms with Gasteiger partial charge in [0.15, 0.2) is 6.29 Å². The number of hydrogen-bond donors (Lipinski definition) is 1. The van der Waals surface area contributed by atoms with E-state index in [9.17, 15) is 4.79 Å². The van der Waals surface area contributed by atoms with Crippen LogP contribution in [0.5, 0.6) is 0 Å². The van der Waals surface area contributed by atoms with Crippen LogP contribution in [0.1, 0.15) is 12.5 Å². The molecule has 0 spiro atoms. The van der Waals surface area contributed by atoms with Crippen molar-refractivity contribution in [2.45, 2.75) is 13.5 Å². The van der Waals surface area contributed by atoms with Crippen LogP contribution >= 0.6 is 0 Å². The summed E-state index contributed by atoms with van der Waals surface area (Å²) in [6, 6.07) is 9.89. The fourth-order valence-electron chi connectivity index (χ4n) is 0.878. The molecule has 0 fully saturated rings. The Labute approximate surface area is 77.5 Å². The average molecular weight is 176 g/mol. The van der Waals surface area contributed by atoms with Crippen molar-refractivity contribution in [2.24, 2.45) is 5.10 Å². The summed E-state index contributed by atoms with van der Waals surface area (Å²) in [4.78, 5) is 10.2. The van der Waals surface area contributed by atoms with E-state index in [0.717, 1.165) is 11.8 Å². The maximum absolute atomic E-state index is 10.2. The van der Waals surface area contributed by atoms with E-state index in [4.69, 9.17) is 0 Å². The molecular formula is C10H12N2O. The maximum Gasteiger partial charge on any atom is 0.165 e. The first-order valence-corrected chi connectivity index (χ1v) is 4.09. The fraction of sp³-hybridized carbons (Fsp3) is 0.200. The van der Waals surface area contributed by atoms with E-state index < -0.39 is 0 Å². The number of hydrogen-bond acceptors (Lipinski definition) is 3. The van der Waals surface area contributed by atoms with Gasteiger partial charge in [0, 0.05) is 0 Å². The number of carbonyl (C=O) groups excluding carboxylic acids is 1. The fourth-order valence-corrected chi connectivity index (χ4v) is 0.878. The zero-order valence-electron chi connectivity index (χ0n) is 7.53. The maximum atomic E-state index is 10.2. The summed E-state index contributed by atoms with van der Waals surface area (Å²) in [6.45, 7) is 2.30. The second-order valence-electron chi connectivity index (χ2n) is 2.69. The van der Waals surface area contributed by atoms with Crippen LogP contribution in [0.15, 0.2) is 35.4 Å². The lowest BCUT2D eigenvalue weighted by molar-refractivity contribution is -0.102. The molecule has 0 radical (unpaired) electrons. The second-order valence-corrected chi connectivity index (χ2v) is 2.69. The number of aldehydes is 1. The predicted octanol–water partition coefficient (Wildman–Crippen LogP) is 1.35. The molecule has 1 rings (SSSR count). The molecule has 13 heavy (non-hydrogen) atoms. The van der Waals surface area contributed by atoms with Crippen molar-refractivity contribution in [3.63, 3.8) is 0 Å². The molecule has 0 atom stereocenters. The second kappa shape index (κ2) is 5.09. The first-order valence-electron chi connectivity index (χ1n) is 4.09. The zero-order chi connectivity index (χ0) is 9.52. The SMILES string of the molecule is C/C(C=O)=N\NCc1ccccc1. The van der Waals surface area contributed by atoms with Crippen LogP contribution in [0.4, 0.5) is 0 Å². The Morgan fingerprint density at radius 1 is 1.46 bits per heavy atom. The number of benzene rings is 1. The van der Waals surface area contributed by atoms with Crippen LogP contribution in [-0.2, 0) is 11.3 Å². The molecule has 0 amide bonds. The van der Waals surface area contributed by atoms with E-state index in [2.05, 4.69) is 10.5 Å². The molecule has 0 bridgehead atoms. The molecule has 1 aromatic carbocycles. The van der Waals surface area contributed by atoms with Crippen molar-refractivity contribution < 1.29 is 4.79 Å². The van der Waals surface area contributed by atoms with Crippen LogP contribution in [-0.4, -0.2) is 12.0 Å². The van der Waals surface area contributed by atoms with Gasteiger partial charge in [-0.15, -0.1) is 0 Å². The molecule has 0 unspecified atom stereocenters. The average Bonchev–Trinajstić information content (AvgIpc) is 2.19. The summed E-state index contributed by atoms with van der Waals surface area (Å²) in [5.41, 5.74) is 4.41. The van der Waals surface area contributed by atoms with Crippen molar-refractivity contribution in [1.82, 2.24) is 5.43 Å². The minimum atomic E-state index is 0.455. The summed E-state index contributed by atoms with van der Waals surface area (Å²) < 4.78 is 0. The van der Waals surface area contributed by atoms with Crippen LogP contribution in [0.3, 0.4) is 0 Å². The minimum Gasteiger partial charge on any atom is -0.305 e. The molecule has 0 saturated carbocycles. The Hall–Kier alpha value is -1.64. The van der Waals surface area contributed by atoms with E-state index >= 15 is 0 Å². The quantitative estimate of drug-likeness (QED) is 0.427. The zero-order valence-corrected chi connectivity index (χ0v) is 7.53. The first kappa shape index (κ1) is 9.45. The van der Waals surface area contributed by atoms with Crippen molar-refractivity contribution in [2.75, 3.05) is 0 Å². The monoisotopic (exact) mass is 176 g/mol. The van der Waals surface area contributed by atoms with Gasteiger partial charge < -0.3 is 5.43 Å². The predicted molar refractivity (Wildman–Crippen MR) is 52.5 cm³/mol. The molecular weight excluding hydrogens is 164 g/mol. The Morgan fingerprint density at radius 3 is 2.77 bits per heavy atom. The van der Waals surface area contributed by atoms with Crippen molar-refractivity contribution >= 4 is 12.0 Å². The number of nitrogens with zero attached hydrogens (tertiary/aromatic N) is 1. The molecule has 3 heteroatoms. The lowest BCUT2D eigenvalue weighted by Crippen LogP contribution is -2.08. The Kier molecular flexibility index (Phi) is 3.70. The number of carbonyl (C=O) groups is 1. The number of hydrazone groups is 1. The first-order chi connectivity index (χ1) is 6.33. The van der Waals surface area contributed by atoms with Gasteiger partial charge in [-0.2, -0.15) is 5.10 Å². The van der Waals surface area contributed by atoms with Crippen LogP contribution < -0.4 is 5.43 Å². The van der Waals surface area contributed by atoms with Gasteiger partial charge in [0.1, 0.15) is 0 Å². The van der Waals surface area contributed by atoms with Gasteiger partial charge in [-0.3, -0.25) is 4.79 Å². The van der Waals surface area contributed by atoms with Gasteiger partial charge in [0.2, 0.25) is 0 Å². The third-order valence-electron chi connectivity index (χ3n) is 1.55. The van der Waals surface area contributed by atoms with Gasteiger partial charge in [-0.05, 0) is 12.5 Å². The van der Waals surface area contributed by atoms with E-state index in [-0.39, 0.29) is 0 Å². The summed E-state index contributed by atoms with van der Waals surface area (Å²) in [6.07, 6.45) is 0.720. The lowest BCUT2D eigenvalue weighted by atomic mass is 10.2. The third-order valence-corrected chi connectivity index (χ3v) is 1.55. The van der Waals surface area contributed by atoms with Gasteiger partial charge in [-0.1, -0.05) is 30.3 Å². The van der Waals surface area contributed by atoms with Crippen molar-refractivity contribution in [3.8, 4) is 0 Å². The smallest absolute Gasteiger partial charge is 0.165 e. The van der Waals surface area contributed by atoms with Gasteiger partial charge >= 0.3 is 0 Å². The highest BCUT2D eigenvalue weighted by Gasteiger charge is 1.88. The summed E-state index contributed by atoms with van der Waals surface area (Å²) in [7, 11) is 0. The van der Waals surface area contributed by atoms with Crippen LogP contribution in [0, 0.1) is 0 Å². The molecule has 1 N–H and O–H groups in total. The summed E-state index contributed by atoms with van der Waals surface area (Å²) >= 11 is 0. The largest absolute Gasteiger partial charge is 0.305 e. The molecule has 0 aliphatic heterocycles. The molecule has 3 nitrogen and oxygen atoms in total. The molecule has 0 heterocycles. The van der Waals surface area contributed by atoms with Crippen LogP contribution in [0.2, 0.25) is 0 Å². The number of nitrogens with one attached hydrogen (secondary N) is 1. The van der Waals surface area contributed by atoms with E-state index in [1.807, 2.05) is 30.3 Å². The molecule has 0 aromatic heterocycles. The molecule has 1 aromatic rings. The highest BCUT2D eigenvalue weighted by atomic mass is 16.1. The summed E-state index contributed by atoms with van der Waals surface area (Å²) in [5.74, 6) is 0. The standard InChI is InChI=1S/C10H12N2O/c1-9(8-13)12-11-7-10-5-3-2-4-6-10/h2-6,8,11H,7H2,1H3/b12-9+. The third kappa shape index (κ3) is 3.51. The highest BCUT2D eigenvalue weighted by molar-refractivity contribution is 6.26. The van der Waals surface area contributed by atoms with Crippen molar-refractivity contribution in [3.05, 3.63) is 35.9 Å². The normalized spacial score (nSPS) is 11.0. The van der Waals surface area contributed by atoms with Gasteiger partial charge in [-0.25, -0.2) is 0 Å². The van der Waals surface area contributed by atoms with E-state index in [0.29, 0.717) is 12.3 Å². The Balaban J connectivity index is 2.40. The van der Waals surface area contributed by atoms with Gasteiger partial charge in [0.25, 0.3) is 0 Å². The highest BCUT2D eigenvalue weighted by Crippen LogP contribution is 1.96. The minimum absolute atomic E-state index is 0.455. The Bertz CT molecular complexity index is 293. The van der Waals surface area contributed by atoms with Gasteiger partial charge in [0.05, 0.1) is 12.3 Å². The topological polar surface area (TPSA) is 41.5 Å². The lowest BCUT2D eigenvalue weighted by Gasteiger charge is -1.99. The number of rotatable bonds is 4. The Morgan fingerprint density at radius 2 is 2.15 bits per heavy atom. The van der Waals surface area contributed by atoms with E-state index in [1.54, 1.807) is 6.92 Å². The summed E-state index contributed by atoms with van der Waals surface area (Å²) in [5, 5.41) is 3.84. The molecule has 0 aliphatic carbocycles.